The summed E-state index contributed by atoms with van der Waals surface area (Å²) in [6.07, 6.45) is 10.2. The molecule has 0 atom stereocenters. The molecule has 0 spiro atoms. The lowest BCUT2D eigenvalue weighted by molar-refractivity contribution is 0.590. The molecule has 0 fully saturated rings. The van der Waals surface area contributed by atoms with Crippen molar-refractivity contribution in [3.05, 3.63) is 29.0 Å². The number of nitrogens with zero attached hydrogens (tertiary/aromatic N) is 6. The number of aryl methyl sites for hydroxylation is 1. The summed E-state index contributed by atoms with van der Waals surface area (Å²) >= 11 is 4.97. The van der Waals surface area contributed by atoms with E-state index >= 15 is 0 Å². The van der Waals surface area contributed by atoms with Crippen LogP contribution in [-0.4, -0.2) is 29.1 Å². The SMILES string of the molecule is Brc1cn2ccnc2c(Sc2nnc3n2CCCCC3)n1. The number of halogens is 1. The summed E-state index contributed by atoms with van der Waals surface area (Å²) in [4.78, 5) is 8.91. The number of imidazole rings is 1. The minimum absolute atomic E-state index is 0.783. The molecule has 0 aromatic carbocycles. The fourth-order valence-corrected chi connectivity index (χ4v) is 4.03. The number of aromatic nitrogens is 6. The van der Waals surface area contributed by atoms with E-state index < -0.39 is 0 Å². The van der Waals surface area contributed by atoms with Gasteiger partial charge >= 0.3 is 0 Å². The third-order valence-corrected chi connectivity index (χ3v) is 4.91. The smallest absolute Gasteiger partial charge is 0.197 e. The lowest BCUT2D eigenvalue weighted by Gasteiger charge is -2.07. The van der Waals surface area contributed by atoms with E-state index in [1.807, 2.05) is 16.8 Å². The summed E-state index contributed by atoms with van der Waals surface area (Å²) in [6.45, 7) is 0.989. The summed E-state index contributed by atoms with van der Waals surface area (Å²) in [5, 5.41) is 10.4. The van der Waals surface area contributed by atoms with Crippen LogP contribution in [0.1, 0.15) is 25.1 Å². The van der Waals surface area contributed by atoms with E-state index in [-0.39, 0.29) is 0 Å². The van der Waals surface area contributed by atoms with Crippen molar-refractivity contribution in [1.29, 1.82) is 0 Å². The molecule has 4 heterocycles. The molecule has 0 radical (unpaired) electrons. The fraction of sp³-hybridized carbons (Fsp3) is 0.385. The van der Waals surface area contributed by atoms with Gasteiger partial charge in [-0.3, -0.25) is 0 Å². The highest BCUT2D eigenvalue weighted by atomic mass is 79.9. The number of rotatable bonds is 2. The van der Waals surface area contributed by atoms with Crippen LogP contribution in [-0.2, 0) is 13.0 Å². The van der Waals surface area contributed by atoms with Gasteiger partial charge < -0.3 is 8.97 Å². The molecule has 0 amide bonds. The summed E-state index contributed by atoms with van der Waals surface area (Å²) in [6, 6.07) is 0. The zero-order chi connectivity index (χ0) is 14.2. The first kappa shape index (κ1) is 13.3. The largest absolute Gasteiger partial charge is 0.306 e. The van der Waals surface area contributed by atoms with Gasteiger partial charge in [-0.25, -0.2) is 9.97 Å². The van der Waals surface area contributed by atoms with Crippen molar-refractivity contribution in [1.82, 2.24) is 29.1 Å². The molecular formula is C13H13BrN6S. The Morgan fingerprint density at radius 2 is 2.14 bits per heavy atom. The van der Waals surface area contributed by atoms with Crippen molar-refractivity contribution in [3.63, 3.8) is 0 Å². The maximum atomic E-state index is 4.54. The Morgan fingerprint density at radius 1 is 1.19 bits per heavy atom. The normalized spacial score (nSPS) is 15.1. The number of hydrogen-bond donors (Lipinski definition) is 0. The molecule has 1 aliphatic rings. The van der Waals surface area contributed by atoms with Gasteiger partial charge in [0.1, 0.15) is 15.5 Å². The number of hydrogen-bond acceptors (Lipinski definition) is 5. The Balaban J connectivity index is 1.75. The van der Waals surface area contributed by atoms with E-state index in [0.29, 0.717) is 0 Å². The minimum Gasteiger partial charge on any atom is -0.306 e. The van der Waals surface area contributed by atoms with Gasteiger partial charge in [0.15, 0.2) is 10.8 Å². The Bertz CT molecular complexity index is 795. The molecule has 0 N–H and O–H groups in total. The molecule has 108 valence electrons. The van der Waals surface area contributed by atoms with Gasteiger partial charge in [-0.15, -0.1) is 10.2 Å². The van der Waals surface area contributed by atoms with Crippen molar-refractivity contribution in [2.45, 2.75) is 42.4 Å². The molecule has 0 aliphatic carbocycles. The van der Waals surface area contributed by atoms with Crippen LogP contribution < -0.4 is 0 Å². The van der Waals surface area contributed by atoms with E-state index in [9.17, 15) is 0 Å². The quantitative estimate of drug-likeness (QED) is 0.699. The highest BCUT2D eigenvalue weighted by Gasteiger charge is 2.18. The second-order valence-corrected chi connectivity index (χ2v) is 6.76. The zero-order valence-corrected chi connectivity index (χ0v) is 13.6. The van der Waals surface area contributed by atoms with Crippen molar-refractivity contribution in [3.8, 4) is 0 Å². The van der Waals surface area contributed by atoms with Gasteiger partial charge in [-0.2, -0.15) is 0 Å². The predicted molar refractivity (Wildman–Crippen MR) is 82.4 cm³/mol. The van der Waals surface area contributed by atoms with E-state index in [0.717, 1.165) is 39.2 Å². The van der Waals surface area contributed by atoms with Crippen LogP contribution in [0.2, 0.25) is 0 Å². The lowest BCUT2D eigenvalue weighted by atomic mass is 10.2. The fourth-order valence-electron chi connectivity index (χ4n) is 2.56. The van der Waals surface area contributed by atoms with Gasteiger partial charge in [-0.05, 0) is 40.5 Å². The second-order valence-electron chi connectivity index (χ2n) is 4.99. The van der Waals surface area contributed by atoms with Crippen LogP contribution in [0.25, 0.3) is 5.65 Å². The average Bonchev–Trinajstić information content (AvgIpc) is 3.00. The van der Waals surface area contributed by atoms with Gasteiger partial charge in [-0.1, -0.05) is 6.42 Å². The summed E-state index contributed by atoms with van der Waals surface area (Å²) in [5.41, 5.74) is 0.842. The predicted octanol–water partition coefficient (Wildman–Crippen LogP) is 2.96. The molecular weight excluding hydrogens is 352 g/mol. The first-order chi connectivity index (χ1) is 10.3. The lowest BCUT2D eigenvalue weighted by Crippen LogP contribution is -2.02. The van der Waals surface area contributed by atoms with Crippen LogP contribution in [0.5, 0.6) is 0 Å². The molecule has 6 nitrogen and oxygen atoms in total. The van der Waals surface area contributed by atoms with Gasteiger partial charge in [0.05, 0.1) is 0 Å². The zero-order valence-electron chi connectivity index (χ0n) is 11.2. The van der Waals surface area contributed by atoms with Crippen molar-refractivity contribution < 1.29 is 0 Å². The molecule has 8 heteroatoms. The van der Waals surface area contributed by atoms with Crippen LogP contribution in [0.3, 0.4) is 0 Å². The molecule has 0 bridgehead atoms. The third-order valence-electron chi connectivity index (χ3n) is 3.58. The van der Waals surface area contributed by atoms with Gasteiger partial charge in [0.25, 0.3) is 0 Å². The molecule has 4 rings (SSSR count). The maximum Gasteiger partial charge on any atom is 0.197 e. The van der Waals surface area contributed by atoms with Crippen LogP contribution in [0.4, 0.5) is 0 Å². The van der Waals surface area contributed by atoms with Crippen LogP contribution >= 0.6 is 27.7 Å². The molecule has 3 aromatic rings. The third kappa shape index (κ3) is 2.46. The summed E-state index contributed by atoms with van der Waals surface area (Å²) in [7, 11) is 0. The Labute approximate surface area is 134 Å². The first-order valence-electron chi connectivity index (χ1n) is 6.90. The van der Waals surface area contributed by atoms with E-state index in [1.165, 1.54) is 31.0 Å². The van der Waals surface area contributed by atoms with Gasteiger partial charge in [0.2, 0.25) is 0 Å². The monoisotopic (exact) mass is 364 g/mol. The van der Waals surface area contributed by atoms with E-state index in [1.54, 1.807) is 6.20 Å². The molecule has 1 aliphatic heterocycles. The molecule has 0 saturated heterocycles. The molecule has 21 heavy (non-hydrogen) atoms. The summed E-state index contributed by atoms with van der Waals surface area (Å²) in [5.74, 6) is 1.09. The maximum absolute atomic E-state index is 4.54. The number of fused-ring (bicyclic) bond motifs is 2. The topological polar surface area (TPSA) is 60.9 Å². The Hall–Kier alpha value is -1.41. The second kappa shape index (κ2) is 5.42. The van der Waals surface area contributed by atoms with Crippen molar-refractivity contribution in [2.75, 3.05) is 0 Å². The van der Waals surface area contributed by atoms with Crippen molar-refractivity contribution >= 4 is 33.3 Å². The summed E-state index contributed by atoms with van der Waals surface area (Å²) < 4.78 is 4.96. The molecule has 3 aromatic heterocycles. The van der Waals surface area contributed by atoms with Crippen LogP contribution in [0, 0.1) is 0 Å². The highest BCUT2D eigenvalue weighted by Crippen LogP contribution is 2.30. The van der Waals surface area contributed by atoms with Gasteiger partial charge in [0, 0.05) is 31.6 Å². The standard InChI is InChI=1S/C13H13BrN6S/c14-9-8-19-7-5-15-11(19)12(16-9)21-13-18-17-10-4-2-1-3-6-20(10)13/h5,7-8H,1-4,6H2. The highest BCUT2D eigenvalue weighted by molar-refractivity contribution is 9.10. The van der Waals surface area contributed by atoms with Crippen molar-refractivity contribution in [2.24, 2.45) is 0 Å². The molecule has 0 saturated carbocycles. The van der Waals surface area contributed by atoms with E-state index in [4.69, 9.17) is 0 Å². The molecule has 0 unspecified atom stereocenters. The Kier molecular flexibility index (Phi) is 3.42. The minimum atomic E-state index is 0.783. The Morgan fingerprint density at radius 3 is 3.10 bits per heavy atom. The van der Waals surface area contributed by atoms with Crippen LogP contribution in [0.15, 0.2) is 33.4 Å². The first-order valence-corrected chi connectivity index (χ1v) is 8.51. The average molecular weight is 365 g/mol. The van der Waals surface area contributed by atoms with E-state index in [2.05, 4.69) is 40.7 Å².